The van der Waals surface area contributed by atoms with Crippen molar-refractivity contribution in [3.63, 3.8) is 0 Å². The number of rotatable bonds is 10. The number of aliphatic carboxylic acids is 1. The number of carboxylic acid groups (broad SMARTS) is 1. The number of hydrogen-bond acceptors (Lipinski definition) is 5. The Labute approximate surface area is 169 Å². The molecule has 1 aliphatic rings. The van der Waals surface area contributed by atoms with Crippen molar-refractivity contribution >= 4 is 11.9 Å². The number of nitrogens with one attached hydrogen (secondary N) is 1. The summed E-state index contributed by atoms with van der Waals surface area (Å²) in [5.41, 5.74) is 2.04. The first-order chi connectivity index (χ1) is 14.0. The molecule has 0 spiro atoms. The lowest BCUT2D eigenvalue weighted by Crippen LogP contribution is -2.27. The van der Waals surface area contributed by atoms with Gasteiger partial charge in [-0.15, -0.1) is 0 Å². The van der Waals surface area contributed by atoms with Crippen molar-refractivity contribution in [3.05, 3.63) is 53.6 Å². The van der Waals surface area contributed by atoms with E-state index in [1.54, 1.807) is 26.4 Å². The molecule has 0 radical (unpaired) electrons. The molecule has 2 N–H and O–H groups in total. The van der Waals surface area contributed by atoms with Gasteiger partial charge in [-0.05, 0) is 48.7 Å². The Morgan fingerprint density at radius 2 is 1.79 bits per heavy atom. The number of ether oxygens (including phenoxy) is 3. The van der Waals surface area contributed by atoms with Gasteiger partial charge < -0.3 is 24.6 Å². The Balaban J connectivity index is 1.47. The summed E-state index contributed by atoms with van der Waals surface area (Å²) in [7, 11) is 3.24. The Morgan fingerprint density at radius 1 is 1.07 bits per heavy atom. The lowest BCUT2D eigenvalue weighted by atomic mass is 10.1. The van der Waals surface area contributed by atoms with Gasteiger partial charge in [-0.3, -0.25) is 4.79 Å². The Bertz CT molecular complexity index is 864. The van der Waals surface area contributed by atoms with Gasteiger partial charge in [0.25, 0.3) is 0 Å². The second-order valence-electron chi connectivity index (χ2n) is 6.92. The van der Waals surface area contributed by atoms with Crippen LogP contribution in [0, 0.1) is 5.92 Å². The smallest absolute Gasteiger partial charge is 0.341 e. The van der Waals surface area contributed by atoms with Crippen LogP contribution in [0.25, 0.3) is 0 Å². The summed E-state index contributed by atoms with van der Waals surface area (Å²) in [6.07, 6.45) is 1.48. The molecule has 2 unspecified atom stereocenters. The molecule has 1 saturated carbocycles. The maximum atomic E-state index is 12.5. The van der Waals surface area contributed by atoms with E-state index in [9.17, 15) is 9.59 Å². The van der Waals surface area contributed by atoms with E-state index in [2.05, 4.69) is 5.32 Å². The van der Waals surface area contributed by atoms with Crippen LogP contribution >= 0.6 is 0 Å². The van der Waals surface area contributed by atoms with E-state index in [0.717, 1.165) is 29.0 Å². The van der Waals surface area contributed by atoms with Crippen LogP contribution in [0.2, 0.25) is 0 Å². The van der Waals surface area contributed by atoms with Crippen LogP contribution < -0.4 is 19.5 Å². The quantitative estimate of drug-likeness (QED) is 0.638. The number of carbonyl (C=O) groups excluding carboxylic acids is 1. The summed E-state index contributed by atoms with van der Waals surface area (Å²) in [6, 6.07) is 12.8. The molecule has 1 aliphatic carbocycles. The molecule has 0 aromatic heterocycles. The van der Waals surface area contributed by atoms with Gasteiger partial charge in [-0.25, -0.2) is 4.79 Å². The van der Waals surface area contributed by atoms with Crippen LogP contribution in [0.15, 0.2) is 42.5 Å². The number of benzene rings is 2. The zero-order valence-corrected chi connectivity index (χ0v) is 16.5. The molecule has 2 atom stereocenters. The summed E-state index contributed by atoms with van der Waals surface area (Å²) in [6.45, 7) is 0.169. The summed E-state index contributed by atoms with van der Waals surface area (Å²) in [4.78, 5) is 23.0. The average molecular weight is 399 g/mol. The van der Waals surface area contributed by atoms with Gasteiger partial charge in [0.05, 0.1) is 14.2 Å². The second-order valence-corrected chi connectivity index (χ2v) is 6.92. The summed E-state index contributed by atoms with van der Waals surface area (Å²) < 4.78 is 15.8. The van der Waals surface area contributed by atoms with Crippen molar-refractivity contribution in [1.29, 1.82) is 0 Å². The standard InChI is InChI=1S/C22H25NO6/c1-27-16-7-8-20(28-2)18(11-16)17-12-19(17)22(26)23-10-9-14-3-5-15(6-4-14)29-13-21(24)25/h3-8,11,17,19H,9-10,12-13H2,1-2H3,(H,23,26)(H,24,25). The highest BCUT2D eigenvalue weighted by Crippen LogP contribution is 2.51. The van der Waals surface area contributed by atoms with Gasteiger partial charge in [0.2, 0.25) is 5.91 Å². The molecule has 2 aromatic carbocycles. The van der Waals surface area contributed by atoms with E-state index >= 15 is 0 Å². The van der Waals surface area contributed by atoms with Crippen LogP contribution in [0.4, 0.5) is 0 Å². The first-order valence-electron chi connectivity index (χ1n) is 9.45. The van der Waals surface area contributed by atoms with E-state index in [4.69, 9.17) is 19.3 Å². The van der Waals surface area contributed by atoms with Crippen LogP contribution in [-0.2, 0) is 16.0 Å². The van der Waals surface area contributed by atoms with Crippen LogP contribution in [0.5, 0.6) is 17.2 Å². The maximum Gasteiger partial charge on any atom is 0.341 e. The summed E-state index contributed by atoms with van der Waals surface area (Å²) >= 11 is 0. The Kier molecular flexibility index (Phi) is 6.59. The fourth-order valence-corrected chi connectivity index (χ4v) is 3.32. The van der Waals surface area contributed by atoms with Gasteiger partial charge >= 0.3 is 5.97 Å². The first-order valence-corrected chi connectivity index (χ1v) is 9.45. The van der Waals surface area contributed by atoms with Crippen molar-refractivity contribution in [2.45, 2.75) is 18.8 Å². The third-order valence-electron chi connectivity index (χ3n) is 4.96. The third-order valence-corrected chi connectivity index (χ3v) is 4.96. The van der Waals surface area contributed by atoms with E-state index in [-0.39, 0.29) is 24.3 Å². The number of methoxy groups -OCH3 is 2. The molecule has 0 bridgehead atoms. The second kappa shape index (κ2) is 9.32. The van der Waals surface area contributed by atoms with Crippen LogP contribution in [-0.4, -0.2) is 44.4 Å². The minimum atomic E-state index is -1.01. The van der Waals surface area contributed by atoms with Crippen molar-refractivity contribution in [2.24, 2.45) is 5.92 Å². The predicted molar refractivity (Wildman–Crippen MR) is 107 cm³/mol. The predicted octanol–water partition coefficient (Wildman–Crippen LogP) is 2.63. The molecular weight excluding hydrogens is 374 g/mol. The molecule has 29 heavy (non-hydrogen) atoms. The van der Waals surface area contributed by atoms with Gasteiger partial charge in [-0.2, -0.15) is 0 Å². The minimum absolute atomic E-state index is 0.0429. The Hall–Kier alpha value is -3.22. The zero-order valence-electron chi connectivity index (χ0n) is 16.5. The van der Waals surface area contributed by atoms with Crippen LogP contribution in [0.1, 0.15) is 23.5 Å². The van der Waals surface area contributed by atoms with E-state index in [1.165, 1.54) is 0 Å². The number of amides is 1. The van der Waals surface area contributed by atoms with Crippen LogP contribution in [0.3, 0.4) is 0 Å². The molecule has 0 aliphatic heterocycles. The van der Waals surface area contributed by atoms with Crippen molar-refractivity contribution < 1.29 is 28.9 Å². The van der Waals surface area contributed by atoms with Crippen molar-refractivity contribution in [1.82, 2.24) is 5.32 Å². The third kappa shape index (κ3) is 5.40. The largest absolute Gasteiger partial charge is 0.497 e. The minimum Gasteiger partial charge on any atom is -0.497 e. The molecule has 1 fully saturated rings. The number of hydrogen-bond donors (Lipinski definition) is 2. The topological polar surface area (TPSA) is 94.1 Å². The Morgan fingerprint density at radius 3 is 2.45 bits per heavy atom. The van der Waals surface area contributed by atoms with Gasteiger partial charge in [0.15, 0.2) is 6.61 Å². The van der Waals surface area contributed by atoms with E-state index in [0.29, 0.717) is 18.7 Å². The highest BCUT2D eigenvalue weighted by Gasteiger charge is 2.45. The van der Waals surface area contributed by atoms with E-state index in [1.807, 2.05) is 30.3 Å². The van der Waals surface area contributed by atoms with Gasteiger partial charge in [0.1, 0.15) is 17.2 Å². The first kappa shape index (κ1) is 20.5. The van der Waals surface area contributed by atoms with Gasteiger partial charge in [-0.1, -0.05) is 12.1 Å². The molecule has 2 aromatic rings. The highest BCUT2D eigenvalue weighted by atomic mass is 16.5. The normalized spacial score (nSPS) is 17.3. The van der Waals surface area contributed by atoms with Crippen molar-refractivity contribution in [3.8, 4) is 17.2 Å². The molecule has 7 heteroatoms. The zero-order chi connectivity index (χ0) is 20.8. The van der Waals surface area contributed by atoms with Crippen molar-refractivity contribution in [2.75, 3.05) is 27.4 Å². The van der Waals surface area contributed by atoms with E-state index < -0.39 is 5.97 Å². The SMILES string of the molecule is COc1ccc(OC)c(C2CC2C(=O)NCCc2ccc(OCC(=O)O)cc2)c1. The average Bonchev–Trinajstić information content (AvgIpc) is 3.53. The molecule has 154 valence electrons. The van der Waals surface area contributed by atoms with Gasteiger partial charge in [0, 0.05) is 23.9 Å². The molecule has 7 nitrogen and oxygen atoms in total. The molecular formula is C22H25NO6. The maximum absolute atomic E-state index is 12.5. The lowest BCUT2D eigenvalue weighted by Gasteiger charge is -2.10. The fraction of sp³-hybridized carbons (Fsp3) is 0.364. The summed E-state index contributed by atoms with van der Waals surface area (Å²) in [5, 5.41) is 11.6. The summed E-state index contributed by atoms with van der Waals surface area (Å²) in [5.74, 6) is 1.16. The molecule has 0 heterocycles. The molecule has 0 saturated heterocycles. The lowest BCUT2D eigenvalue weighted by molar-refractivity contribution is -0.139. The molecule has 1 amide bonds. The number of carbonyl (C=O) groups is 2. The number of carboxylic acids is 1. The molecule has 3 rings (SSSR count). The fourth-order valence-electron chi connectivity index (χ4n) is 3.32. The highest BCUT2D eigenvalue weighted by molar-refractivity contribution is 5.83. The monoisotopic (exact) mass is 399 g/mol.